The summed E-state index contributed by atoms with van der Waals surface area (Å²) in [5, 5.41) is 3.08. The van der Waals surface area contributed by atoms with Gasteiger partial charge in [0.15, 0.2) is 0 Å². The van der Waals surface area contributed by atoms with E-state index in [1.54, 1.807) is 18.6 Å². The van der Waals surface area contributed by atoms with E-state index in [4.69, 9.17) is 0 Å². The standard InChI is InChI=1S/C21H22N4O/c1-15(2)20(16-6-5-9-22-10-16)13-25-21(26)19-8-4-3-7-18(19)17-11-23-14-24-12-17/h3-12,14-15,20H,13H2,1-2H3,(H,25,26). The second kappa shape index (κ2) is 8.34. The fourth-order valence-corrected chi connectivity index (χ4v) is 3.00. The summed E-state index contributed by atoms with van der Waals surface area (Å²) in [4.78, 5) is 25.1. The molecule has 0 radical (unpaired) electrons. The van der Waals surface area contributed by atoms with Gasteiger partial charge in [0.25, 0.3) is 5.91 Å². The van der Waals surface area contributed by atoms with Crippen LogP contribution in [0.15, 0.2) is 67.5 Å². The van der Waals surface area contributed by atoms with Gasteiger partial charge in [-0.1, -0.05) is 38.1 Å². The summed E-state index contributed by atoms with van der Waals surface area (Å²) in [7, 11) is 0. The maximum Gasteiger partial charge on any atom is 0.251 e. The number of nitrogens with zero attached hydrogens (tertiary/aromatic N) is 3. The number of amides is 1. The zero-order valence-electron chi connectivity index (χ0n) is 15.0. The Hall–Kier alpha value is -3.08. The molecule has 5 heteroatoms. The van der Waals surface area contributed by atoms with Crippen LogP contribution < -0.4 is 5.32 Å². The molecule has 0 bridgehead atoms. The van der Waals surface area contributed by atoms with Crippen molar-refractivity contribution in [3.63, 3.8) is 0 Å². The number of hydrogen-bond donors (Lipinski definition) is 1. The van der Waals surface area contributed by atoms with Crippen LogP contribution in [-0.4, -0.2) is 27.4 Å². The van der Waals surface area contributed by atoms with Gasteiger partial charge in [-0.15, -0.1) is 0 Å². The maximum absolute atomic E-state index is 12.8. The van der Waals surface area contributed by atoms with Crippen molar-refractivity contribution in [3.05, 3.63) is 78.6 Å². The Bertz CT molecular complexity index is 850. The SMILES string of the molecule is CC(C)C(CNC(=O)c1ccccc1-c1cncnc1)c1cccnc1. The molecule has 1 N–H and O–H groups in total. The summed E-state index contributed by atoms with van der Waals surface area (Å²) in [6, 6.07) is 11.5. The maximum atomic E-state index is 12.8. The lowest BCUT2D eigenvalue weighted by Gasteiger charge is -2.22. The average molecular weight is 346 g/mol. The normalized spacial score (nSPS) is 12.0. The number of carbonyl (C=O) groups is 1. The van der Waals surface area contributed by atoms with Crippen LogP contribution in [0.5, 0.6) is 0 Å². The third-order valence-corrected chi connectivity index (χ3v) is 4.44. The first-order valence-corrected chi connectivity index (χ1v) is 8.69. The highest BCUT2D eigenvalue weighted by atomic mass is 16.1. The van der Waals surface area contributed by atoms with E-state index in [0.717, 1.165) is 16.7 Å². The summed E-state index contributed by atoms with van der Waals surface area (Å²) < 4.78 is 0. The van der Waals surface area contributed by atoms with Gasteiger partial charge in [0.2, 0.25) is 0 Å². The second-order valence-corrected chi connectivity index (χ2v) is 6.52. The Kier molecular flexibility index (Phi) is 5.69. The van der Waals surface area contributed by atoms with Crippen molar-refractivity contribution in [2.45, 2.75) is 19.8 Å². The molecule has 26 heavy (non-hydrogen) atoms. The molecule has 0 aliphatic heterocycles. The Morgan fingerprint density at radius 2 is 1.77 bits per heavy atom. The van der Waals surface area contributed by atoms with Crippen LogP contribution in [0.2, 0.25) is 0 Å². The average Bonchev–Trinajstić information content (AvgIpc) is 2.69. The van der Waals surface area contributed by atoms with Gasteiger partial charge in [0, 0.05) is 48.4 Å². The molecule has 0 spiro atoms. The van der Waals surface area contributed by atoms with E-state index in [9.17, 15) is 4.79 Å². The molecule has 0 fully saturated rings. The summed E-state index contributed by atoms with van der Waals surface area (Å²) in [5.41, 5.74) is 3.41. The van der Waals surface area contributed by atoms with E-state index in [0.29, 0.717) is 18.0 Å². The van der Waals surface area contributed by atoms with Crippen molar-refractivity contribution in [2.24, 2.45) is 5.92 Å². The molecule has 3 aromatic rings. The molecule has 2 aromatic heterocycles. The van der Waals surface area contributed by atoms with E-state index in [2.05, 4.69) is 40.2 Å². The molecule has 0 saturated carbocycles. The van der Waals surface area contributed by atoms with Gasteiger partial charge >= 0.3 is 0 Å². The molecular weight excluding hydrogens is 324 g/mol. The molecule has 1 atom stereocenters. The Balaban J connectivity index is 1.78. The van der Waals surface area contributed by atoms with Gasteiger partial charge in [0.1, 0.15) is 6.33 Å². The predicted molar refractivity (Wildman–Crippen MR) is 102 cm³/mol. The summed E-state index contributed by atoms with van der Waals surface area (Å²) in [6.07, 6.45) is 8.54. The minimum absolute atomic E-state index is 0.0982. The van der Waals surface area contributed by atoms with Gasteiger partial charge < -0.3 is 5.32 Å². The zero-order valence-corrected chi connectivity index (χ0v) is 15.0. The molecule has 132 valence electrons. The van der Waals surface area contributed by atoms with Gasteiger partial charge in [-0.3, -0.25) is 9.78 Å². The fourth-order valence-electron chi connectivity index (χ4n) is 3.00. The molecule has 0 aliphatic carbocycles. The van der Waals surface area contributed by atoms with Crippen LogP contribution in [0.1, 0.15) is 35.7 Å². The quantitative estimate of drug-likeness (QED) is 0.739. The van der Waals surface area contributed by atoms with Gasteiger partial charge in [-0.05, 0) is 29.2 Å². The number of benzene rings is 1. The lowest BCUT2D eigenvalue weighted by Crippen LogP contribution is -2.30. The van der Waals surface area contributed by atoms with E-state index in [-0.39, 0.29) is 11.8 Å². The van der Waals surface area contributed by atoms with Crippen molar-refractivity contribution in [1.29, 1.82) is 0 Å². The number of aromatic nitrogens is 3. The first kappa shape index (κ1) is 17.7. The largest absolute Gasteiger partial charge is 0.351 e. The van der Waals surface area contributed by atoms with Crippen molar-refractivity contribution in [1.82, 2.24) is 20.3 Å². The third kappa shape index (κ3) is 4.11. The molecule has 1 aromatic carbocycles. The molecule has 5 nitrogen and oxygen atoms in total. The van der Waals surface area contributed by atoms with Crippen LogP contribution in [-0.2, 0) is 0 Å². The number of hydrogen-bond acceptors (Lipinski definition) is 4. The number of carbonyl (C=O) groups excluding carboxylic acids is 1. The molecular formula is C21H22N4O. The first-order chi connectivity index (χ1) is 12.7. The summed E-state index contributed by atoms with van der Waals surface area (Å²) in [6.45, 7) is 4.86. The van der Waals surface area contributed by atoms with Gasteiger partial charge in [-0.2, -0.15) is 0 Å². The molecule has 1 amide bonds. The minimum Gasteiger partial charge on any atom is -0.351 e. The monoisotopic (exact) mass is 346 g/mol. The van der Waals surface area contributed by atoms with Crippen LogP contribution in [0.4, 0.5) is 0 Å². The Morgan fingerprint density at radius 1 is 1.00 bits per heavy atom. The molecule has 0 saturated heterocycles. The highest BCUT2D eigenvalue weighted by Crippen LogP contribution is 2.24. The van der Waals surface area contributed by atoms with E-state index in [1.165, 1.54) is 6.33 Å². The van der Waals surface area contributed by atoms with Crippen molar-refractivity contribution in [3.8, 4) is 11.1 Å². The van der Waals surface area contributed by atoms with E-state index >= 15 is 0 Å². The van der Waals surface area contributed by atoms with Crippen molar-refractivity contribution >= 4 is 5.91 Å². The van der Waals surface area contributed by atoms with Gasteiger partial charge in [-0.25, -0.2) is 9.97 Å². The number of nitrogens with one attached hydrogen (secondary N) is 1. The van der Waals surface area contributed by atoms with Crippen LogP contribution in [0, 0.1) is 5.92 Å². The predicted octanol–water partition coefficient (Wildman–Crippen LogP) is 3.71. The van der Waals surface area contributed by atoms with Crippen LogP contribution >= 0.6 is 0 Å². The first-order valence-electron chi connectivity index (χ1n) is 8.69. The van der Waals surface area contributed by atoms with E-state index in [1.807, 2.05) is 36.5 Å². The van der Waals surface area contributed by atoms with Crippen LogP contribution in [0.3, 0.4) is 0 Å². The fraction of sp³-hybridized carbons (Fsp3) is 0.238. The molecule has 0 aliphatic rings. The highest BCUT2D eigenvalue weighted by molar-refractivity contribution is 6.00. The Labute approximate surface area is 153 Å². The molecule has 2 heterocycles. The molecule has 3 rings (SSSR count). The lowest BCUT2D eigenvalue weighted by molar-refractivity contribution is 0.0949. The third-order valence-electron chi connectivity index (χ3n) is 4.44. The van der Waals surface area contributed by atoms with E-state index < -0.39 is 0 Å². The van der Waals surface area contributed by atoms with Crippen molar-refractivity contribution < 1.29 is 4.79 Å². The minimum atomic E-state index is -0.0982. The number of rotatable bonds is 6. The topological polar surface area (TPSA) is 67.8 Å². The van der Waals surface area contributed by atoms with Crippen LogP contribution in [0.25, 0.3) is 11.1 Å². The molecule has 1 unspecified atom stereocenters. The summed E-state index contributed by atoms with van der Waals surface area (Å²) in [5.74, 6) is 0.496. The smallest absolute Gasteiger partial charge is 0.251 e. The van der Waals surface area contributed by atoms with Crippen molar-refractivity contribution in [2.75, 3.05) is 6.54 Å². The Morgan fingerprint density at radius 3 is 2.46 bits per heavy atom. The van der Waals surface area contributed by atoms with Gasteiger partial charge in [0.05, 0.1) is 0 Å². The zero-order chi connectivity index (χ0) is 18.4. The second-order valence-electron chi connectivity index (χ2n) is 6.52. The number of pyridine rings is 1. The summed E-state index contributed by atoms with van der Waals surface area (Å²) >= 11 is 0. The lowest BCUT2D eigenvalue weighted by atomic mass is 9.89. The highest BCUT2D eigenvalue weighted by Gasteiger charge is 2.19.